The van der Waals surface area contributed by atoms with E-state index in [0.717, 1.165) is 146 Å². The van der Waals surface area contributed by atoms with Crippen molar-refractivity contribution in [2.75, 3.05) is 72.0 Å². The van der Waals surface area contributed by atoms with Gasteiger partial charge in [0.1, 0.15) is 11.5 Å². The number of anilines is 4. The Morgan fingerprint density at radius 1 is 0.299 bits per heavy atom. The molecule has 0 aliphatic carbocycles. The molecule has 0 unspecified atom stereocenters. The van der Waals surface area contributed by atoms with E-state index in [4.69, 9.17) is 18.9 Å². The van der Waals surface area contributed by atoms with Crippen LogP contribution < -0.4 is 60.9 Å². The van der Waals surface area contributed by atoms with E-state index in [1.807, 2.05) is 91.0 Å². The maximum absolute atomic E-state index is 13.2. The van der Waals surface area contributed by atoms with Crippen molar-refractivity contribution < 1.29 is 45.7 Å². The van der Waals surface area contributed by atoms with Crippen LogP contribution in [0.3, 0.4) is 0 Å². The molecule has 0 amide bonds. The van der Waals surface area contributed by atoms with Crippen LogP contribution in [0.2, 0.25) is 0 Å². The Labute approximate surface area is 729 Å². The third kappa shape index (κ3) is 17.9. The molecule has 0 aromatic heterocycles. The first kappa shape index (κ1) is 86.8. The number of ether oxygens (including phenoxy) is 4. The second-order valence-electron chi connectivity index (χ2n) is 28.0. The minimum atomic E-state index is -1.09. The van der Waals surface area contributed by atoms with Crippen molar-refractivity contribution in [1.82, 2.24) is 0 Å². The first-order chi connectivity index (χ1) is 57.1. The van der Waals surface area contributed by atoms with Crippen molar-refractivity contribution in [3.63, 3.8) is 0 Å². The van der Waals surface area contributed by atoms with Crippen LogP contribution in [0, 0.1) is 20.8 Å². The largest absolute Gasteiger partial charge is 0.199 e. The molecule has 16 heteroatoms. The van der Waals surface area contributed by atoms with Gasteiger partial charge in [0.05, 0.1) is 31.4 Å². The number of hydrogen-bond donors (Lipinski definition) is 0. The van der Waals surface area contributed by atoms with Crippen LogP contribution in [-0.4, -0.2) is 64.3 Å². The number of fused-ring (bicyclic) bond motifs is 12. The van der Waals surface area contributed by atoms with Crippen molar-refractivity contribution in [2.24, 2.45) is 0 Å². The average molecular weight is 1870 g/mol. The molecule has 13 aromatic carbocycles. The summed E-state index contributed by atoms with van der Waals surface area (Å²) in [6.07, 6.45) is 0. The van der Waals surface area contributed by atoms with Crippen LogP contribution in [-0.2, 0) is 37.9 Å². The molecule has 4 heterocycles. The van der Waals surface area contributed by atoms with E-state index in [0.29, 0.717) is 22.6 Å². The number of benzene rings is 13. The molecule has 10 nitrogen and oxygen atoms in total. The smallest absolute Gasteiger partial charge is 0.0134 e. The molecule has 2 spiro atoms. The molecule has 0 N–H and O–H groups in total. The first-order valence-corrected chi connectivity index (χ1v) is 47.8. The molecule has 13 aromatic rings. The molecule has 4 aliphatic heterocycles. The molecule has 0 fully saturated rings. The van der Waals surface area contributed by atoms with E-state index in [2.05, 4.69) is 377 Å². The van der Waals surface area contributed by atoms with Crippen LogP contribution >= 0.6 is 61.1 Å². The average Bonchev–Trinajstić information content (AvgIpc) is 1.60. The van der Waals surface area contributed by atoms with E-state index in [-0.39, 0.29) is 11.9 Å². The van der Waals surface area contributed by atoms with Crippen LogP contribution in [0.4, 0.5) is 22.7 Å². The zero-order valence-corrected chi connectivity index (χ0v) is 76.0. The van der Waals surface area contributed by atoms with E-state index in [9.17, 15) is 9.59 Å². The van der Waals surface area contributed by atoms with E-state index in [1.165, 1.54) is 31.8 Å². The van der Waals surface area contributed by atoms with Gasteiger partial charge in [-0.05, 0) is 209 Å². The number of nitrogens with zero attached hydrogens (tertiary/aromatic N) is 4. The summed E-state index contributed by atoms with van der Waals surface area (Å²) in [6, 6.07) is 107. The summed E-state index contributed by atoms with van der Waals surface area (Å²) in [5.74, 6) is 2.28. The molecular formula is C101H99Br3N4O6P2Pd. The van der Waals surface area contributed by atoms with Crippen molar-refractivity contribution in [3.8, 4) is 23.0 Å². The number of hydrogen-bond acceptors (Lipinski definition) is 10. The normalized spacial score (nSPS) is 12.8. The van der Waals surface area contributed by atoms with Crippen LogP contribution in [0.1, 0.15) is 126 Å². The fourth-order valence-electron chi connectivity index (χ4n) is 16.0. The number of rotatable bonds is 18. The fourth-order valence-corrected chi connectivity index (χ4v) is 22.0. The molecule has 4 aliphatic rings. The third-order valence-corrected chi connectivity index (χ3v) is 28.1. The number of carbonyl (C=O) groups is 2. The minimum absolute atomic E-state index is 0.296. The van der Waals surface area contributed by atoms with E-state index < -0.39 is 27.0 Å². The standard InChI is InChI=1S/C30H34N2O3.C28H28Br2N2O3.2C18H15P.C7H7.BrH.Pd/c1-7-31(8-2)25-17-15-23-27(19(25)5)34-28-20(6)26(32(9-3)10-4)18-16-24(28)30(23)22-14-12-11-13-21(22)29(33)35-30;1-5-31(6-2)21-15-13-19-25(23(21)29)34-26-20(14-16-22(24(26)30)32(7-3)8-4)28(19)18-12-10-9-11-17(18)27(33)35-28;2*1-4-10-16(11-5-1)19(17-12-6-2-7-13-17)18-14-8-3-9-15-18;1-7-5-3-2-4-6-7;;/h11-18H,7-10H2,1-6H3;9-16H,5-8H2,1-4H3;2*1-15H;2-6H,1H2;1H;/q;;;;-1;;+2/p-1. The summed E-state index contributed by atoms with van der Waals surface area (Å²) in [5.41, 5.74) is 11.7. The van der Waals surface area contributed by atoms with E-state index >= 15 is 0 Å². The molecule has 117 heavy (non-hydrogen) atoms. The van der Waals surface area contributed by atoms with Crippen molar-refractivity contribution >= 4 is 128 Å². The Morgan fingerprint density at radius 2 is 0.521 bits per heavy atom. The Morgan fingerprint density at radius 3 is 0.778 bits per heavy atom. The van der Waals surface area contributed by atoms with Gasteiger partial charge in [-0.25, -0.2) is 9.59 Å². The predicted octanol–water partition coefficient (Wildman–Crippen LogP) is 23.6. The molecule has 0 saturated carbocycles. The van der Waals surface area contributed by atoms with E-state index in [1.54, 1.807) is 0 Å². The Balaban J connectivity index is 0.000000143. The van der Waals surface area contributed by atoms with Gasteiger partial charge in [0, 0.05) is 108 Å². The second-order valence-corrected chi connectivity index (χ2v) is 34.0. The molecular weight excluding hydrogens is 1770 g/mol. The Hall–Kier alpha value is -9.57. The summed E-state index contributed by atoms with van der Waals surface area (Å²) in [7, 11) is -0.892. The molecule has 0 bridgehead atoms. The van der Waals surface area contributed by atoms with Gasteiger partial charge in [-0.2, -0.15) is 24.6 Å². The first-order valence-electron chi connectivity index (χ1n) is 40.0. The quantitative estimate of drug-likeness (QED) is 0.0358. The zero-order valence-electron chi connectivity index (χ0n) is 67.9. The summed E-state index contributed by atoms with van der Waals surface area (Å²) >= 11 is 13.1. The van der Waals surface area contributed by atoms with Crippen LogP contribution in [0.25, 0.3) is 0 Å². The molecule has 0 radical (unpaired) electrons. The van der Waals surface area contributed by atoms with Gasteiger partial charge in [-0.15, -0.1) is 12.1 Å². The fraction of sp³-hybridized carbons (Fsp3) is 0.198. The van der Waals surface area contributed by atoms with Gasteiger partial charge in [0.15, 0.2) is 22.7 Å². The van der Waals surface area contributed by atoms with Crippen LogP contribution in [0.15, 0.2) is 318 Å². The minimum Gasteiger partial charge on any atom is -0.199 e. The van der Waals surface area contributed by atoms with Crippen LogP contribution in [0.5, 0.6) is 23.0 Å². The monoisotopic (exact) mass is 1870 g/mol. The molecule has 0 atom stereocenters. The molecule has 17 rings (SSSR count). The second kappa shape index (κ2) is 40.7. The third-order valence-electron chi connectivity index (χ3n) is 21.7. The van der Waals surface area contributed by atoms with Crippen molar-refractivity contribution in [3.05, 3.63) is 386 Å². The van der Waals surface area contributed by atoms with Gasteiger partial charge in [0.2, 0.25) is 0 Å². The molecule has 0 saturated heterocycles. The van der Waals surface area contributed by atoms with Gasteiger partial charge in [-0.3, -0.25) is 0 Å². The zero-order chi connectivity index (χ0) is 82.8. The summed E-state index contributed by atoms with van der Waals surface area (Å²) in [6.45, 7) is 32.2. The Bertz CT molecular complexity index is 4830. The SMILES string of the molecule is CCN(CC)c1ccc2c(c1Br)Oc1c(ccc(N(CC)CC)c1Br)C21OC(=O)c2ccccc21.CCN(CC)c1ccc2c(c1C)Oc1c(ccc(N(CC)CC)c1C)C21OC(=O)c2ccccc21.[Br][Pd+].[CH2-]c1ccccc1.c1ccc(P(c2ccccc2)c2ccccc2)cc1.c1ccc(P(c2ccccc2)c2ccccc2)cc1. The number of halogens is 3. The number of carbonyl (C=O) groups excluding carboxylic acids is 2. The Kier molecular flexibility index (Phi) is 30.2. The van der Waals surface area contributed by atoms with Gasteiger partial charge >= 0.3 is 42.6 Å². The van der Waals surface area contributed by atoms with Gasteiger partial charge in [-0.1, -0.05) is 224 Å². The maximum Gasteiger partial charge on any atom is -0.0134 e. The summed E-state index contributed by atoms with van der Waals surface area (Å²) in [5, 5.41) is 8.39. The summed E-state index contributed by atoms with van der Waals surface area (Å²) < 4.78 is 27.9. The maximum atomic E-state index is 13.2. The summed E-state index contributed by atoms with van der Waals surface area (Å²) in [4.78, 5) is 35.5. The number of esters is 2. The predicted molar refractivity (Wildman–Crippen MR) is 499 cm³/mol. The van der Waals surface area contributed by atoms with Gasteiger partial charge in [0.25, 0.3) is 0 Å². The van der Waals surface area contributed by atoms with Gasteiger partial charge < -0.3 is 38.5 Å². The topological polar surface area (TPSA) is 84.0 Å². The molecule has 600 valence electrons. The van der Waals surface area contributed by atoms with Crippen molar-refractivity contribution in [2.45, 2.75) is 80.4 Å². The van der Waals surface area contributed by atoms with Crippen molar-refractivity contribution in [1.29, 1.82) is 0 Å².